The highest BCUT2D eigenvalue weighted by atomic mass is 35.5. The number of carbonyl (C=O) groups excluding carboxylic acids is 1. The van der Waals surface area contributed by atoms with Gasteiger partial charge in [-0.3, -0.25) is 4.79 Å². The lowest BCUT2D eigenvalue weighted by molar-refractivity contribution is 0.0959. The first-order valence-electron chi connectivity index (χ1n) is 12.1. The van der Waals surface area contributed by atoms with Crippen LogP contribution in [0.5, 0.6) is 0 Å². The Labute approximate surface area is 214 Å². The minimum Gasteiger partial charge on any atom is -0.397 e. The Balaban J connectivity index is 1.33. The van der Waals surface area contributed by atoms with Crippen LogP contribution in [0.1, 0.15) is 40.2 Å². The molecule has 1 aliphatic heterocycles. The van der Waals surface area contributed by atoms with E-state index in [1.807, 2.05) is 31.2 Å². The van der Waals surface area contributed by atoms with E-state index in [0.29, 0.717) is 17.1 Å². The van der Waals surface area contributed by atoms with Crippen molar-refractivity contribution in [2.75, 3.05) is 30.3 Å². The average Bonchev–Trinajstić information content (AvgIpc) is 3.20. The van der Waals surface area contributed by atoms with Gasteiger partial charge in [0.25, 0.3) is 5.91 Å². The van der Waals surface area contributed by atoms with Gasteiger partial charge >= 0.3 is 0 Å². The summed E-state index contributed by atoms with van der Waals surface area (Å²) in [6.45, 7) is 4.63. The highest BCUT2D eigenvalue weighted by Gasteiger charge is 2.18. The minimum atomic E-state index is -0.147. The van der Waals surface area contributed by atoms with Gasteiger partial charge in [0.2, 0.25) is 0 Å². The number of rotatable bonds is 6. The quantitative estimate of drug-likeness (QED) is 0.315. The normalized spacial score (nSPS) is 13.8. The van der Waals surface area contributed by atoms with Crippen molar-refractivity contribution in [3.63, 3.8) is 0 Å². The Bertz CT molecular complexity index is 1360. The van der Waals surface area contributed by atoms with Crippen LogP contribution >= 0.6 is 22.9 Å². The number of nitrogens with two attached hydrogens (primary N) is 1. The highest BCUT2D eigenvalue weighted by Crippen LogP contribution is 2.35. The van der Waals surface area contributed by atoms with E-state index < -0.39 is 0 Å². The number of piperidine rings is 1. The minimum absolute atomic E-state index is 0.147. The number of hydrogen-bond acceptors (Lipinski definition) is 5. The molecule has 0 saturated carbocycles. The van der Waals surface area contributed by atoms with Gasteiger partial charge in [-0.05, 0) is 80.1 Å². The summed E-state index contributed by atoms with van der Waals surface area (Å²) in [5.41, 5.74) is 12.5. The number of amides is 1. The smallest absolute Gasteiger partial charge is 0.263 e. The molecular formula is C28H29ClN4OS. The van der Waals surface area contributed by atoms with Gasteiger partial charge in [0.15, 0.2) is 0 Å². The molecule has 1 amide bonds. The number of hydrogen-bond donors (Lipinski definition) is 2. The fourth-order valence-electron chi connectivity index (χ4n) is 4.67. The predicted molar refractivity (Wildman–Crippen MR) is 148 cm³/mol. The summed E-state index contributed by atoms with van der Waals surface area (Å²) in [7, 11) is 0. The Hall–Kier alpha value is -3.09. The largest absolute Gasteiger partial charge is 0.397 e. The monoisotopic (exact) mass is 504 g/mol. The summed E-state index contributed by atoms with van der Waals surface area (Å²) in [6, 6.07) is 18.5. The van der Waals surface area contributed by atoms with Gasteiger partial charge in [-0.2, -0.15) is 0 Å². The maximum atomic E-state index is 12.9. The summed E-state index contributed by atoms with van der Waals surface area (Å²) < 4.78 is 0. The van der Waals surface area contributed by atoms with Gasteiger partial charge < -0.3 is 16.0 Å². The van der Waals surface area contributed by atoms with E-state index in [1.165, 1.54) is 47.4 Å². The van der Waals surface area contributed by atoms with E-state index in [9.17, 15) is 4.79 Å². The molecule has 5 nitrogen and oxygen atoms in total. The maximum absolute atomic E-state index is 12.9. The van der Waals surface area contributed by atoms with Crippen molar-refractivity contribution < 1.29 is 4.79 Å². The molecule has 0 radical (unpaired) electrons. The van der Waals surface area contributed by atoms with Crippen LogP contribution in [-0.2, 0) is 6.42 Å². The first-order chi connectivity index (χ1) is 17.0. The summed E-state index contributed by atoms with van der Waals surface area (Å²) in [5.74, 6) is -0.147. The zero-order chi connectivity index (χ0) is 24.4. The molecule has 0 spiro atoms. The third kappa shape index (κ3) is 5.14. The fraction of sp³-hybridized carbons (Fsp3) is 0.286. The van der Waals surface area contributed by atoms with Gasteiger partial charge in [-0.15, -0.1) is 11.3 Å². The van der Waals surface area contributed by atoms with Crippen LogP contribution in [-0.4, -0.2) is 30.5 Å². The number of thiophene rings is 1. The standard InChI is InChI=1S/C28H29ClN4OS/c1-18-5-11-22-25(30)26(35-28(22)32-18)27(34)31-14-13-19-6-12-24(33-15-3-2-4-16-33)23(17-19)20-7-9-21(29)10-8-20/h5-12,17H,2-4,13-16,30H2,1H3,(H,31,34). The molecule has 35 heavy (non-hydrogen) atoms. The predicted octanol–water partition coefficient (Wildman–Crippen LogP) is 6.47. The molecule has 0 unspecified atom stereocenters. The number of anilines is 2. The summed E-state index contributed by atoms with van der Waals surface area (Å²) >= 11 is 7.50. The van der Waals surface area contributed by atoms with Crippen LogP contribution < -0.4 is 16.0 Å². The summed E-state index contributed by atoms with van der Waals surface area (Å²) in [4.78, 5) is 21.2. The van der Waals surface area contributed by atoms with E-state index in [0.717, 1.165) is 46.0 Å². The second kappa shape index (κ2) is 10.3. The zero-order valence-corrected chi connectivity index (χ0v) is 21.4. The number of pyridine rings is 1. The molecule has 7 heteroatoms. The van der Waals surface area contributed by atoms with Gasteiger partial charge in [-0.25, -0.2) is 4.98 Å². The van der Waals surface area contributed by atoms with E-state index in [-0.39, 0.29) is 5.91 Å². The third-order valence-corrected chi connectivity index (χ3v) is 7.92. The molecule has 3 N–H and O–H groups in total. The van der Waals surface area contributed by atoms with Gasteiger partial charge in [0.1, 0.15) is 9.71 Å². The van der Waals surface area contributed by atoms with Crippen molar-refractivity contribution in [2.45, 2.75) is 32.6 Å². The molecule has 0 atom stereocenters. The number of halogens is 1. The molecule has 1 aliphatic rings. The maximum Gasteiger partial charge on any atom is 0.263 e. The van der Waals surface area contributed by atoms with Gasteiger partial charge in [-0.1, -0.05) is 29.8 Å². The lowest BCUT2D eigenvalue weighted by Gasteiger charge is -2.31. The van der Waals surface area contributed by atoms with Crippen LogP contribution in [0.2, 0.25) is 5.02 Å². The average molecular weight is 505 g/mol. The molecule has 0 bridgehead atoms. The van der Waals surface area contributed by atoms with Crippen molar-refractivity contribution in [2.24, 2.45) is 0 Å². The first kappa shape index (κ1) is 23.6. The Morgan fingerprint density at radius 3 is 2.63 bits per heavy atom. The summed E-state index contributed by atoms with van der Waals surface area (Å²) in [6.07, 6.45) is 4.48. The van der Waals surface area contributed by atoms with Crippen LogP contribution in [0.3, 0.4) is 0 Å². The van der Waals surface area contributed by atoms with Crippen molar-refractivity contribution in [1.29, 1.82) is 0 Å². The number of aromatic nitrogens is 1. The molecule has 1 fully saturated rings. The number of nitrogens with one attached hydrogen (secondary N) is 1. The molecule has 5 rings (SSSR count). The van der Waals surface area contributed by atoms with Crippen LogP contribution in [0.25, 0.3) is 21.3 Å². The van der Waals surface area contributed by atoms with E-state index in [4.69, 9.17) is 17.3 Å². The Morgan fingerprint density at radius 1 is 1.09 bits per heavy atom. The van der Waals surface area contributed by atoms with Crippen LogP contribution in [0, 0.1) is 6.92 Å². The molecule has 4 aromatic rings. The van der Waals surface area contributed by atoms with Crippen molar-refractivity contribution in [3.8, 4) is 11.1 Å². The molecule has 2 aromatic heterocycles. The third-order valence-electron chi connectivity index (χ3n) is 6.55. The van der Waals surface area contributed by atoms with Crippen LogP contribution in [0.15, 0.2) is 54.6 Å². The number of nitrogens with zero attached hydrogens (tertiary/aromatic N) is 2. The van der Waals surface area contributed by atoms with E-state index in [1.54, 1.807) is 0 Å². The van der Waals surface area contributed by atoms with Crippen LogP contribution in [0.4, 0.5) is 11.4 Å². The molecule has 1 saturated heterocycles. The first-order valence-corrected chi connectivity index (χ1v) is 13.3. The number of nitrogen functional groups attached to an aromatic ring is 1. The number of fused-ring (bicyclic) bond motifs is 1. The second-order valence-electron chi connectivity index (χ2n) is 9.06. The zero-order valence-electron chi connectivity index (χ0n) is 19.8. The lowest BCUT2D eigenvalue weighted by Crippen LogP contribution is -2.30. The topological polar surface area (TPSA) is 71.2 Å². The molecular weight excluding hydrogens is 476 g/mol. The molecule has 0 aliphatic carbocycles. The van der Waals surface area contributed by atoms with E-state index >= 15 is 0 Å². The summed E-state index contributed by atoms with van der Waals surface area (Å²) in [5, 5.41) is 4.62. The van der Waals surface area contributed by atoms with Crippen molar-refractivity contribution in [3.05, 3.63) is 75.8 Å². The van der Waals surface area contributed by atoms with Crippen molar-refractivity contribution >= 4 is 50.4 Å². The van der Waals surface area contributed by atoms with E-state index in [2.05, 4.69) is 45.5 Å². The Kier molecular flexibility index (Phi) is 6.93. The lowest BCUT2D eigenvalue weighted by atomic mass is 9.97. The molecule has 180 valence electrons. The molecule has 2 aromatic carbocycles. The Morgan fingerprint density at radius 2 is 1.86 bits per heavy atom. The van der Waals surface area contributed by atoms with Gasteiger partial charge in [0, 0.05) is 47.0 Å². The number of carbonyl (C=O) groups is 1. The number of benzene rings is 2. The van der Waals surface area contributed by atoms with Gasteiger partial charge in [0.05, 0.1) is 5.69 Å². The molecule has 3 heterocycles. The highest BCUT2D eigenvalue weighted by molar-refractivity contribution is 7.21. The second-order valence-corrected chi connectivity index (χ2v) is 10.5. The van der Waals surface area contributed by atoms with Crippen molar-refractivity contribution in [1.82, 2.24) is 10.3 Å². The number of aryl methyl sites for hydroxylation is 1. The SMILES string of the molecule is Cc1ccc2c(N)c(C(=O)NCCc3ccc(N4CCCCC4)c(-c4ccc(Cl)cc4)c3)sc2n1. The fourth-order valence-corrected chi connectivity index (χ4v) is 5.85.